The number of carbonyl (C=O) groups excluding carboxylic acids is 1. The second kappa shape index (κ2) is 5.84. The first kappa shape index (κ1) is 13.5. The normalized spacial score (nSPS) is 10.3. The molecule has 0 fully saturated rings. The van der Waals surface area contributed by atoms with Crippen molar-refractivity contribution >= 4 is 22.9 Å². The molecule has 0 atom stereocenters. The first-order chi connectivity index (χ1) is 9.10. The Bertz CT molecular complexity index is 592. The van der Waals surface area contributed by atoms with Gasteiger partial charge in [-0.05, 0) is 31.5 Å². The van der Waals surface area contributed by atoms with Gasteiger partial charge >= 0.3 is 0 Å². The van der Waals surface area contributed by atoms with E-state index in [9.17, 15) is 4.79 Å². The number of rotatable bonds is 4. The number of nitrogens with one attached hydrogen (secondary N) is 2. The van der Waals surface area contributed by atoms with E-state index in [0.717, 1.165) is 22.0 Å². The zero-order valence-corrected chi connectivity index (χ0v) is 12.1. The minimum absolute atomic E-state index is 0.0763. The standard InChI is InChI=1S/C14H17N3OS/c1-9-4-5-11(14(18)15-3)6-13(9)16-7-12-8-19-10(2)17-12/h4-6,8,16H,7H2,1-3H3,(H,15,18). The highest BCUT2D eigenvalue weighted by atomic mass is 32.1. The van der Waals surface area contributed by atoms with Crippen LogP contribution in [-0.4, -0.2) is 17.9 Å². The lowest BCUT2D eigenvalue weighted by molar-refractivity contribution is 0.0963. The number of nitrogens with zero attached hydrogens (tertiary/aromatic N) is 1. The first-order valence-corrected chi connectivity index (χ1v) is 6.95. The fourth-order valence-electron chi connectivity index (χ4n) is 1.77. The van der Waals surface area contributed by atoms with Crippen molar-refractivity contribution in [1.82, 2.24) is 10.3 Å². The molecule has 0 aliphatic carbocycles. The lowest BCUT2D eigenvalue weighted by Crippen LogP contribution is -2.18. The van der Waals surface area contributed by atoms with E-state index in [0.29, 0.717) is 12.1 Å². The Balaban J connectivity index is 2.12. The molecule has 0 radical (unpaired) electrons. The van der Waals surface area contributed by atoms with Crippen molar-refractivity contribution in [3.8, 4) is 0 Å². The zero-order chi connectivity index (χ0) is 13.8. The summed E-state index contributed by atoms with van der Waals surface area (Å²) in [6, 6.07) is 5.64. The summed E-state index contributed by atoms with van der Waals surface area (Å²) in [6.07, 6.45) is 0. The van der Waals surface area contributed by atoms with Crippen LogP contribution in [0.3, 0.4) is 0 Å². The van der Waals surface area contributed by atoms with E-state index in [1.165, 1.54) is 0 Å². The molecular formula is C14H17N3OS. The van der Waals surface area contributed by atoms with Gasteiger partial charge in [0.25, 0.3) is 5.91 Å². The molecule has 5 heteroatoms. The van der Waals surface area contributed by atoms with Crippen molar-refractivity contribution in [3.63, 3.8) is 0 Å². The molecule has 1 aromatic heterocycles. The van der Waals surface area contributed by atoms with Gasteiger partial charge in [0.1, 0.15) is 0 Å². The number of hydrogen-bond acceptors (Lipinski definition) is 4. The van der Waals surface area contributed by atoms with Gasteiger partial charge in [-0.2, -0.15) is 0 Å². The average Bonchev–Trinajstić information content (AvgIpc) is 2.82. The van der Waals surface area contributed by atoms with Crippen LogP contribution in [-0.2, 0) is 6.54 Å². The fraction of sp³-hybridized carbons (Fsp3) is 0.286. The molecule has 2 rings (SSSR count). The van der Waals surface area contributed by atoms with E-state index in [4.69, 9.17) is 0 Å². The molecule has 0 aliphatic heterocycles. The molecule has 0 saturated heterocycles. The highest BCUT2D eigenvalue weighted by Gasteiger charge is 2.06. The van der Waals surface area contributed by atoms with Crippen molar-refractivity contribution in [2.24, 2.45) is 0 Å². The maximum Gasteiger partial charge on any atom is 0.251 e. The second-order valence-corrected chi connectivity index (χ2v) is 5.38. The summed E-state index contributed by atoms with van der Waals surface area (Å²) in [4.78, 5) is 16.0. The van der Waals surface area contributed by atoms with Crippen LogP contribution in [0.4, 0.5) is 5.69 Å². The lowest BCUT2D eigenvalue weighted by atomic mass is 10.1. The summed E-state index contributed by atoms with van der Waals surface area (Å²) < 4.78 is 0. The molecule has 100 valence electrons. The molecule has 1 amide bonds. The molecule has 0 spiro atoms. The molecular weight excluding hydrogens is 258 g/mol. The van der Waals surface area contributed by atoms with Crippen LogP contribution in [0.5, 0.6) is 0 Å². The number of anilines is 1. The monoisotopic (exact) mass is 275 g/mol. The average molecular weight is 275 g/mol. The van der Waals surface area contributed by atoms with Crippen LogP contribution >= 0.6 is 11.3 Å². The number of aryl methyl sites for hydroxylation is 2. The SMILES string of the molecule is CNC(=O)c1ccc(C)c(NCc2csc(C)n2)c1. The summed E-state index contributed by atoms with van der Waals surface area (Å²) in [7, 11) is 1.63. The number of carbonyl (C=O) groups is 1. The van der Waals surface area contributed by atoms with E-state index in [-0.39, 0.29) is 5.91 Å². The number of amides is 1. The summed E-state index contributed by atoms with van der Waals surface area (Å²) in [6.45, 7) is 4.68. The molecule has 1 heterocycles. The lowest BCUT2D eigenvalue weighted by Gasteiger charge is -2.10. The quantitative estimate of drug-likeness (QED) is 0.902. The number of hydrogen-bond donors (Lipinski definition) is 2. The Morgan fingerprint density at radius 1 is 1.37 bits per heavy atom. The summed E-state index contributed by atoms with van der Waals surface area (Å²) >= 11 is 1.64. The van der Waals surface area contributed by atoms with E-state index in [2.05, 4.69) is 15.6 Å². The zero-order valence-electron chi connectivity index (χ0n) is 11.3. The van der Waals surface area contributed by atoms with Gasteiger partial charge in [0, 0.05) is 23.7 Å². The molecule has 0 unspecified atom stereocenters. The highest BCUT2D eigenvalue weighted by Crippen LogP contribution is 2.18. The van der Waals surface area contributed by atoms with Crippen LogP contribution in [0.15, 0.2) is 23.6 Å². The van der Waals surface area contributed by atoms with Crippen LogP contribution in [0.25, 0.3) is 0 Å². The smallest absolute Gasteiger partial charge is 0.251 e. The summed E-state index contributed by atoms with van der Waals surface area (Å²) in [5, 5.41) is 9.06. The van der Waals surface area contributed by atoms with Crippen molar-refractivity contribution in [2.75, 3.05) is 12.4 Å². The van der Waals surface area contributed by atoms with Crippen LogP contribution < -0.4 is 10.6 Å². The van der Waals surface area contributed by atoms with Gasteiger partial charge in [0.2, 0.25) is 0 Å². The Labute approximate surface area is 116 Å². The van der Waals surface area contributed by atoms with Crippen LogP contribution in [0.1, 0.15) is 26.6 Å². The largest absolute Gasteiger partial charge is 0.379 e. The number of thiazole rings is 1. The molecule has 1 aromatic carbocycles. The Morgan fingerprint density at radius 2 is 2.16 bits per heavy atom. The minimum atomic E-state index is -0.0763. The Kier molecular flexibility index (Phi) is 4.16. The molecule has 0 saturated carbocycles. The van der Waals surface area contributed by atoms with Gasteiger partial charge < -0.3 is 10.6 Å². The van der Waals surface area contributed by atoms with Crippen molar-refractivity contribution in [3.05, 3.63) is 45.4 Å². The predicted octanol–water partition coefficient (Wildman–Crippen LogP) is 2.73. The highest BCUT2D eigenvalue weighted by molar-refractivity contribution is 7.09. The molecule has 4 nitrogen and oxygen atoms in total. The summed E-state index contributed by atoms with van der Waals surface area (Å²) in [5.41, 5.74) is 3.75. The fourth-order valence-corrected chi connectivity index (χ4v) is 2.39. The first-order valence-electron chi connectivity index (χ1n) is 6.07. The number of aromatic nitrogens is 1. The van der Waals surface area contributed by atoms with Gasteiger partial charge in [-0.1, -0.05) is 6.07 Å². The second-order valence-electron chi connectivity index (χ2n) is 4.32. The van der Waals surface area contributed by atoms with Gasteiger partial charge in [0.05, 0.1) is 17.2 Å². The molecule has 0 aliphatic rings. The third-order valence-electron chi connectivity index (χ3n) is 2.85. The van der Waals surface area contributed by atoms with Gasteiger partial charge in [-0.3, -0.25) is 4.79 Å². The molecule has 2 aromatic rings. The third-order valence-corrected chi connectivity index (χ3v) is 3.68. The van der Waals surface area contributed by atoms with Crippen molar-refractivity contribution < 1.29 is 4.79 Å². The van der Waals surface area contributed by atoms with Crippen molar-refractivity contribution in [2.45, 2.75) is 20.4 Å². The van der Waals surface area contributed by atoms with Crippen molar-refractivity contribution in [1.29, 1.82) is 0 Å². The Hall–Kier alpha value is -1.88. The predicted molar refractivity (Wildman–Crippen MR) is 78.7 cm³/mol. The number of benzene rings is 1. The Morgan fingerprint density at radius 3 is 2.79 bits per heavy atom. The minimum Gasteiger partial charge on any atom is -0.379 e. The van der Waals surface area contributed by atoms with E-state index in [1.54, 1.807) is 18.4 Å². The van der Waals surface area contributed by atoms with E-state index >= 15 is 0 Å². The van der Waals surface area contributed by atoms with E-state index < -0.39 is 0 Å². The maximum atomic E-state index is 11.6. The molecule has 0 bridgehead atoms. The van der Waals surface area contributed by atoms with Gasteiger partial charge in [0.15, 0.2) is 0 Å². The van der Waals surface area contributed by atoms with Crippen LogP contribution in [0.2, 0.25) is 0 Å². The molecule has 2 N–H and O–H groups in total. The van der Waals surface area contributed by atoms with Gasteiger partial charge in [-0.15, -0.1) is 11.3 Å². The van der Waals surface area contributed by atoms with Crippen LogP contribution in [0, 0.1) is 13.8 Å². The third kappa shape index (κ3) is 3.32. The molecule has 19 heavy (non-hydrogen) atoms. The van der Waals surface area contributed by atoms with E-state index in [1.807, 2.05) is 37.4 Å². The topological polar surface area (TPSA) is 54.0 Å². The summed E-state index contributed by atoms with van der Waals surface area (Å²) in [5.74, 6) is -0.0763. The maximum absolute atomic E-state index is 11.6. The van der Waals surface area contributed by atoms with Gasteiger partial charge in [-0.25, -0.2) is 4.98 Å².